The summed E-state index contributed by atoms with van der Waals surface area (Å²) in [5, 5.41) is 12.1. The molecule has 2 aromatic rings. The van der Waals surface area contributed by atoms with Crippen LogP contribution in [0.3, 0.4) is 0 Å². The van der Waals surface area contributed by atoms with Gasteiger partial charge in [-0.05, 0) is 67.8 Å². The summed E-state index contributed by atoms with van der Waals surface area (Å²) >= 11 is 0. The van der Waals surface area contributed by atoms with Crippen LogP contribution in [0.15, 0.2) is 53.4 Å². The normalized spacial score (nSPS) is 20.1. The first kappa shape index (κ1) is 21.3. The van der Waals surface area contributed by atoms with Crippen molar-refractivity contribution in [2.24, 2.45) is 5.92 Å². The van der Waals surface area contributed by atoms with Crippen LogP contribution in [-0.4, -0.2) is 49.3 Å². The molecule has 4 rings (SSSR count). The Labute approximate surface area is 181 Å². The van der Waals surface area contributed by atoms with Crippen molar-refractivity contribution in [3.8, 4) is 5.75 Å². The van der Waals surface area contributed by atoms with E-state index in [0.717, 1.165) is 6.42 Å². The molecule has 0 aliphatic carbocycles. The maximum Gasteiger partial charge on any atom is 0.243 e. The van der Waals surface area contributed by atoms with Gasteiger partial charge in [-0.25, -0.2) is 8.42 Å². The highest BCUT2D eigenvalue weighted by Gasteiger charge is 2.33. The zero-order valence-electron chi connectivity index (χ0n) is 17.0. The molecule has 2 aliphatic heterocycles. The first-order valence-corrected chi connectivity index (χ1v) is 11.8. The number of amides is 2. The minimum Gasteiger partial charge on any atom is -0.508 e. The number of hydrogen-bond donors (Lipinski definition) is 2. The quantitative estimate of drug-likeness (QED) is 0.691. The molecule has 1 atom stereocenters. The van der Waals surface area contributed by atoms with Crippen molar-refractivity contribution in [2.45, 2.75) is 30.6 Å². The Morgan fingerprint density at radius 2 is 1.71 bits per heavy atom. The van der Waals surface area contributed by atoms with Gasteiger partial charge in [0.05, 0.1) is 10.8 Å². The molecule has 2 saturated heterocycles. The number of aromatic hydroxyl groups is 1. The third-order valence-corrected chi connectivity index (χ3v) is 7.63. The van der Waals surface area contributed by atoms with Gasteiger partial charge in [-0.1, -0.05) is 0 Å². The number of piperidine rings is 1. The first-order chi connectivity index (χ1) is 14.8. The predicted octanol–water partition coefficient (Wildman–Crippen LogP) is 2.56. The van der Waals surface area contributed by atoms with E-state index >= 15 is 0 Å². The third kappa shape index (κ3) is 4.57. The molecule has 164 valence electrons. The SMILES string of the molecule is O=C(Nc1ccc(O)cc1)[C@H]1CCCN(S(=O)(=O)c2ccc(N3CCCC3=O)cc2)C1. The van der Waals surface area contributed by atoms with E-state index in [0.29, 0.717) is 43.7 Å². The molecule has 2 heterocycles. The summed E-state index contributed by atoms with van der Waals surface area (Å²) in [7, 11) is -3.74. The number of carbonyl (C=O) groups excluding carboxylic acids is 2. The molecule has 8 nitrogen and oxygen atoms in total. The van der Waals surface area contributed by atoms with Gasteiger partial charge in [-0.2, -0.15) is 4.31 Å². The van der Waals surface area contributed by atoms with Gasteiger partial charge in [0.15, 0.2) is 0 Å². The van der Waals surface area contributed by atoms with Crippen LogP contribution in [0, 0.1) is 5.92 Å². The highest BCUT2D eigenvalue weighted by Crippen LogP contribution is 2.28. The number of nitrogens with one attached hydrogen (secondary N) is 1. The monoisotopic (exact) mass is 443 g/mol. The molecule has 0 bridgehead atoms. The van der Waals surface area contributed by atoms with E-state index in [1.54, 1.807) is 29.2 Å². The minimum atomic E-state index is -3.74. The fourth-order valence-electron chi connectivity index (χ4n) is 4.03. The number of hydrogen-bond acceptors (Lipinski definition) is 5. The van der Waals surface area contributed by atoms with Crippen LogP contribution < -0.4 is 10.2 Å². The van der Waals surface area contributed by atoms with Crippen LogP contribution in [0.4, 0.5) is 11.4 Å². The van der Waals surface area contributed by atoms with E-state index in [1.165, 1.54) is 28.6 Å². The summed E-state index contributed by atoms with van der Waals surface area (Å²) < 4.78 is 27.6. The highest BCUT2D eigenvalue weighted by atomic mass is 32.2. The second-order valence-electron chi connectivity index (χ2n) is 7.88. The third-order valence-electron chi connectivity index (χ3n) is 5.75. The number of rotatable bonds is 5. The van der Waals surface area contributed by atoms with Crippen molar-refractivity contribution in [1.82, 2.24) is 4.31 Å². The van der Waals surface area contributed by atoms with Crippen molar-refractivity contribution in [3.05, 3.63) is 48.5 Å². The smallest absolute Gasteiger partial charge is 0.243 e. The van der Waals surface area contributed by atoms with Gasteiger partial charge in [0.2, 0.25) is 21.8 Å². The lowest BCUT2D eigenvalue weighted by atomic mass is 9.99. The zero-order chi connectivity index (χ0) is 22.0. The van der Waals surface area contributed by atoms with Gasteiger partial charge in [0.1, 0.15) is 5.75 Å². The molecule has 9 heteroatoms. The van der Waals surface area contributed by atoms with E-state index in [1.807, 2.05) is 0 Å². The lowest BCUT2D eigenvalue weighted by molar-refractivity contribution is -0.121. The number of carbonyl (C=O) groups is 2. The van der Waals surface area contributed by atoms with Crippen LogP contribution in [0.25, 0.3) is 0 Å². The summed E-state index contributed by atoms with van der Waals surface area (Å²) in [5.41, 5.74) is 1.25. The van der Waals surface area contributed by atoms with Crippen molar-refractivity contribution >= 4 is 33.2 Å². The molecule has 31 heavy (non-hydrogen) atoms. The average molecular weight is 444 g/mol. The largest absolute Gasteiger partial charge is 0.508 e. The van der Waals surface area contributed by atoms with Gasteiger partial charge in [0.25, 0.3) is 0 Å². The number of nitrogens with zero attached hydrogens (tertiary/aromatic N) is 2. The van der Waals surface area contributed by atoms with E-state index in [4.69, 9.17) is 0 Å². The number of benzene rings is 2. The Kier molecular flexibility index (Phi) is 5.97. The Morgan fingerprint density at radius 3 is 2.35 bits per heavy atom. The average Bonchev–Trinajstić information content (AvgIpc) is 3.21. The molecule has 2 aliphatic rings. The Bertz CT molecular complexity index is 1070. The van der Waals surface area contributed by atoms with Crippen molar-refractivity contribution in [1.29, 1.82) is 0 Å². The summed E-state index contributed by atoms with van der Waals surface area (Å²) in [6, 6.07) is 12.5. The van der Waals surface area contributed by atoms with Crippen LogP contribution in [0.5, 0.6) is 5.75 Å². The standard InChI is InChI=1S/C22H25N3O5S/c26-19-9-5-17(6-10-19)23-22(28)16-3-1-13-24(15-16)31(29,30)20-11-7-18(8-12-20)25-14-2-4-21(25)27/h5-12,16,26H,1-4,13-15H2,(H,23,28)/t16-/m0/s1. The van der Waals surface area contributed by atoms with Crippen LogP contribution in [0.2, 0.25) is 0 Å². The number of sulfonamides is 1. The molecule has 0 spiro atoms. The summed E-state index contributed by atoms with van der Waals surface area (Å²) in [5.74, 6) is -0.547. The maximum absolute atomic E-state index is 13.1. The van der Waals surface area contributed by atoms with Gasteiger partial charge in [-0.3, -0.25) is 9.59 Å². The second kappa shape index (κ2) is 8.68. The lowest BCUT2D eigenvalue weighted by Gasteiger charge is -2.31. The van der Waals surface area contributed by atoms with E-state index in [-0.39, 0.29) is 29.0 Å². The maximum atomic E-state index is 13.1. The first-order valence-electron chi connectivity index (χ1n) is 10.3. The molecule has 2 amide bonds. The summed E-state index contributed by atoms with van der Waals surface area (Å²) in [4.78, 5) is 26.4. The van der Waals surface area contributed by atoms with Gasteiger partial charge in [-0.15, -0.1) is 0 Å². The van der Waals surface area contributed by atoms with Gasteiger partial charge >= 0.3 is 0 Å². The summed E-state index contributed by atoms with van der Waals surface area (Å²) in [6.45, 7) is 1.12. The highest BCUT2D eigenvalue weighted by molar-refractivity contribution is 7.89. The molecule has 0 radical (unpaired) electrons. The van der Waals surface area contributed by atoms with E-state index in [9.17, 15) is 23.1 Å². The minimum absolute atomic E-state index is 0.0501. The fraction of sp³-hybridized carbons (Fsp3) is 0.364. The van der Waals surface area contributed by atoms with Gasteiger partial charge < -0.3 is 15.3 Å². The molecule has 2 fully saturated rings. The second-order valence-corrected chi connectivity index (χ2v) is 9.82. The molecular weight excluding hydrogens is 418 g/mol. The summed E-state index contributed by atoms with van der Waals surface area (Å²) in [6.07, 6.45) is 2.51. The van der Waals surface area contributed by atoms with Crippen molar-refractivity contribution in [3.63, 3.8) is 0 Å². The molecular formula is C22H25N3O5S. The van der Waals surface area contributed by atoms with Crippen molar-refractivity contribution < 1.29 is 23.1 Å². The van der Waals surface area contributed by atoms with Crippen LogP contribution in [0.1, 0.15) is 25.7 Å². The lowest BCUT2D eigenvalue weighted by Crippen LogP contribution is -2.43. The molecule has 0 saturated carbocycles. The molecule has 2 N–H and O–H groups in total. The number of phenolic OH excluding ortho intramolecular Hbond substituents is 1. The van der Waals surface area contributed by atoms with Crippen molar-refractivity contribution in [2.75, 3.05) is 29.9 Å². The van der Waals surface area contributed by atoms with Gasteiger partial charge in [0, 0.05) is 37.4 Å². The number of phenols is 1. The Hall–Kier alpha value is -2.91. The predicted molar refractivity (Wildman–Crippen MR) is 116 cm³/mol. The number of anilines is 2. The molecule has 0 unspecified atom stereocenters. The van der Waals surface area contributed by atoms with Crippen LogP contribution >= 0.6 is 0 Å². The fourth-order valence-corrected chi connectivity index (χ4v) is 5.56. The van der Waals surface area contributed by atoms with E-state index < -0.39 is 15.9 Å². The van der Waals surface area contributed by atoms with Crippen LogP contribution in [-0.2, 0) is 19.6 Å². The van der Waals surface area contributed by atoms with E-state index in [2.05, 4.69) is 5.32 Å². The topological polar surface area (TPSA) is 107 Å². The Morgan fingerprint density at radius 1 is 1.00 bits per heavy atom. The molecule has 0 aromatic heterocycles. The molecule has 2 aromatic carbocycles. The zero-order valence-corrected chi connectivity index (χ0v) is 17.8. The Balaban J connectivity index is 1.44.